The predicted octanol–water partition coefficient (Wildman–Crippen LogP) is 1.93. The highest BCUT2D eigenvalue weighted by atomic mass is 16.5. The fourth-order valence-corrected chi connectivity index (χ4v) is 3.27. The fourth-order valence-electron chi connectivity index (χ4n) is 3.27. The molecule has 1 aliphatic heterocycles. The minimum Gasteiger partial charge on any atom is -0.373 e. The van der Waals surface area contributed by atoms with Crippen molar-refractivity contribution in [2.45, 2.75) is 77.2 Å². The molecule has 1 saturated heterocycles. The molecule has 0 bridgehead atoms. The minimum absolute atomic E-state index is 0.0456. The summed E-state index contributed by atoms with van der Waals surface area (Å²) in [5, 5.41) is 3.22. The number of carbonyl (C=O) groups excluding carboxylic acids is 1. The van der Waals surface area contributed by atoms with Gasteiger partial charge in [-0.2, -0.15) is 0 Å². The van der Waals surface area contributed by atoms with Gasteiger partial charge in [-0.05, 0) is 33.6 Å². The Morgan fingerprint density at radius 1 is 1.16 bits per heavy atom. The van der Waals surface area contributed by atoms with Crippen molar-refractivity contribution < 1.29 is 9.53 Å². The van der Waals surface area contributed by atoms with Gasteiger partial charge in [0.15, 0.2) is 0 Å². The minimum atomic E-state index is -0.0456. The molecule has 3 unspecified atom stereocenters. The van der Waals surface area contributed by atoms with Gasteiger partial charge in [-0.1, -0.05) is 19.3 Å². The van der Waals surface area contributed by atoms with Crippen LogP contribution < -0.4 is 5.32 Å². The lowest BCUT2D eigenvalue weighted by Crippen LogP contribution is -2.55. The van der Waals surface area contributed by atoms with Gasteiger partial charge < -0.3 is 10.1 Å². The topological polar surface area (TPSA) is 41.6 Å². The third-order valence-corrected chi connectivity index (χ3v) is 4.33. The zero-order valence-corrected chi connectivity index (χ0v) is 12.5. The molecule has 4 nitrogen and oxygen atoms in total. The molecular formula is C15H28N2O2. The lowest BCUT2D eigenvalue weighted by molar-refractivity contribution is -0.132. The fraction of sp³-hybridized carbons (Fsp3) is 0.933. The van der Waals surface area contributed by atoms with Crippen LogP contribution in [-0.4, -0.2) is 48.2 Å². The maximum atomic E-state index is 12.3. The molecule has 0 radical (unpaired) electrons. The molecule has 1 saturated carbocycles. The number of hydrogen-bond donors (Lipinski definition) is 1. The molecule has 0 aromatic rings. The van der Waals surface area contributed by atoms with E-state index >= 15 is 0 Å². The van der Waals surface area contributed by atoms with Gasteiger partial charge >= 0.3 is 0 Å². The molecule has 1 aliphatic carbocycles. The summed E-state index contributed by atoms with van der Waals surface area (Å²) in [6.45, 7) is 7.87. The van der Waals surface area contributed by atoms with E-state index in [9.17, 15) is 4.79 Å². The van der Waals surface area contributed by atoms with Crippen molar-refractivity contribution in [3.63, 3.8) is 0 Å². The average Bonchev–Trinajstić information content (AvgIpc) is 2.37. The summed E-state index contributed by atoms with van der Waals surface area (Å²) in [6.07, 6.45) is 6.56. The van der Waals surface area contributed by atoms with Gasteiger partial charge in [-0.25, -0.2) is 0 Å². The van der Waals surface area contributed by atoms with E-state index in [0.29, 0.717) is 6.04 Å². The molecule has 0 aromatic carbocycles. The summed E-state index contributed by atoms with van der Waals surface area (Å²) in [7, 11) is 0. The number of nitrogens with zero attached hydrogens (tertiary/aromatic N) is 1. The summed E-state index contributed by atoms with van der Waals surface area (Å²) in [4.78, 5) is 14.6. The van der Waals surface area contributed by atoms with Crippen LogP contribution in [0.15, 0.2) is 0 Å². The van der Waals surface area contributed by atoms with Gasteiger partial charge in [0, 0.05) is 19.1 Å². The van der Waals surface area contributed by atoms with Crippen LogP contribution in [0.3, 0.4) is 0 Å². The Morgan fingerprint density at radius 2 is 1.74 bits per heavy atom. The van der Waals surface area contributed by atoms with E-state index in [1.165, 1.54) is 19.3 Å². The Kier molecular flexibility index (Phi) is 5.22. The first kappa shape index (κ1) is 14.8. The Bertz CT molecular complexity index is 293. The van der Waals surface area contributed by atoms with Crippen LogP contribution in [0.2, 0.25) is 0 Å². The quantitative estimate of drug-likeness (QED) is 0.850. The van der Waals surface area contributed by atoms with Crippen LogP contribution in [-0.2, 0) is 9.53 Å². The van der Waals surface area contributed by atoms with Crippen molar-refractivity contribution >= 4 is 5.91 Å². The highest BCUT2D eigenvalue weighted by Gasteiger charge is 2.30. The molecule has 0 aromatic heterocycles. The summed E-state index contributed by atoms with van der Waals surface area (Å²) >= 11 is 0. The van der Waals surface area contributed by atoms with Crippen LogP contribution in [0, 0.1) is 0 Å². The number of rotatable bonds is 3. The van der Waals surface area contributed by atoms with E-state index in [2.05, 4.69) is 24.1 Å². The number of nitrogens with one attached hydrogen (secondary N) is 1. The van der Waals surface area contributed by atoms with Crippen LogP contribution in [0.5, 0.6) is 0 Å². The van der Waals surface area contributed by atoms with Crippen molar-refractivity contribution in [2.75, 3.05) is 13.1 Å². The van der Waals surface area contributed by atoms with Gasteiger partial charge in [0.05, 0.1) is 18.2 Å². The monoisotopic (exact) mass is 268 g/mol. The molecular weight excluding hydrogens is 240 g/mol. The van der Waals surface area contributed by atoms with Crippen molar-refractivity contribution in [1.29, 1.82) is 0 Å². The lowest BCUT2D eigenvalue weighted by atomic mass is 9.95. The van der Waals surface area contributed by atoms with Crippen LogP contribution >= 0.6 is 0 Å². The van der Waals surface area contributed by atoms with E-state index < -0.39 is 0 Å². The number of amides is 1. The second-order valence-corrected chi connectivity index (χ2v) is 6.23. The average molecular weight is 268 g/mol. The van der Waals surface area contributed by atoms with Crippen LogP contribution in [0.25, 0.3) is 0 Å². The van der Waals surface area contributed by atoms with E-state index in [-0.39, 0.29) is 24.2 Å². The smallest absolute Gasteiger partial charge is 0.237 e. The first-order valence-corrected chi connectivity index (χ1v) is 7.76. The van der Waals surface area contributed by atoms with E-state index in [1.54, 1.807) is 0 Å². The normalized spacial score (nSPS) is 31.9. The third-order valence-electron chi connectivity index (χ3n) is 4.33. The van der Waals surface area contributed by atoms with Crippen LogP contribution in [0.4, 0.5) is 0 Å². The molecule has 1 N–H and O–H groups in total. The molecule has 110 valence electrons. The van der Waals surface area contributed by atoms with E-state index in [0.717, 1.165) is 25.9 Å². The Morgan fingerprint density at radius 3 is 2.32 bits per heavy atom. The molecule has 4 heteroatoms. The molecule has 0 spiro atoms. The molecule has 19 heavy (non-hydrogen) atoms. The molecule has 2 rings (SSSR count). The van der Waals surface area contributed by atoms with E-state index in [1.807, 2.05) is 6.92 Å². The number of hydrogen-bond acceptors (Lipinski definition) is 3. The highest BCUT2D eigenvalue weighted by molar-refractivity contribution is 5.81. The standard InChI is InChI=1S/C15H28N2O2/c1-11-9-17(10-12(2)19-11)13(3)15(18)16-14-7-5-4-6-8-14/h11-14H,4-10H2,1-3H3,(H,16,18). The number of ether oxygens (including phenoxy) is 1. The lowest BCUT2D eigenvalue weighted by Gasteiger charge is -2.38. The Labute approximate surface area is 116 Å². The number of morpholine rings is 1. The molecule has 2 aliphatic rings. The molecule has 2 fully saturated rings. The Balaban J connectivity index is 1.83. The molecule has 1 amide bonds. The number of carbonyl (C=O) groups is 1. The molecule has 3 atom stereocenters. The van der Waals surface area contributed by atoms with Gasteiger partial charge in [-0.15, -0.1) is 0 Å². The van der Waals surface area contributed by atoms with Crippen molar-refractivity contribution in [3.8, 4) is 0 Å². The van der Waals surface area contributed by atoms with Gasteiger partial charge in [0.1, 0.15) is 0 Å². The van der Waals surface area contributed by atoms with Crippen molar-refractivity contribution in [3.05, 3.63) is 0 Å². The van der Waals surface area contributed by atoms with E-state index in [4.69, 9.17) is 4.74 Å². The zero-order chi connectivity index (χ0) is 13.8. The summed E-state index contributed by atoms with van der Waals surface area (Å²) in [6, 6.07) is 0.357. The van der Waals surface area contributed by atoms with Crippen molar-refractivity contribution in [1.82, 2.24) is 10.2 Å². The highest BCUT2D eigenvalue weighted by Crippen LogP contribution is 2.18. The largest absolute Gasteiger partial charge is 0.373 e. The first-order valence-electron chi connectivity index (χ1n) is 7.76. The SMILES string of the molecule is CC1CN(C(C)C(=O)NC2CCCCC2)CC(C)O1. The first-order chi connectivity index (χ1) is 9.06. The van der Waals surface area contributed by atoms with Gasteiger partial charge in [0.2, 0.25) is 5.91 Å². The maximum Gasteiger partial charge on any atom is 0.237 e. The van der Waals surface area contributed by atoms with Crippen molar-refractivity contribution in [2.24, 2.45) is 0 Å². The zero-order valence-electron chi connectivity index (χ0n) is 12.5. The third kappa shape index (κ3) is 4.18. The van der Waals surface area contributed by atoms with Gasteiger partial charge in [0.25, 0.3) is 0 Å². The summed E-state index contributed by atoms with van der Waals surface area (Å²) in [5.74, 6) is 0.188. The second-order valence-electron chi connectivity index (χ2n) is 6.23. The summed E-state index contributed by atoms with van der Waals surface area (Å²) < 4.78 is 5.72. The van der Waals surface area contributed by atoms with Gasteiger partial charge in [-0.3, -0.25) is 9.69 Å². The second kappa shape index (κ2) is 6.71. The predicted molar refractivity (Wildman–Crippen MR) is 76.1 cm³/mol. The molecule has 1 heterocycles. The Hall–Kier alpha value is -0.610. The summed E-state index contributed by atoms with van der Waals surface area (Å²) in [5.41, 5.74) is 0. The maximum absolute atomic E-state index is 12.3. The van der Waals surface area contributed by atoms with Crippen LogP contribution in [0.1, 0.15) is 52.9 Å².